The molecule has 0 saturated heterocycles. The van der Waals surface area contributed by atoms with Crippen LogP contribution in [-0.4, -0.2) is 20.8 Å². The summed E-state index contributed by atoms with van der Waals surface area (Å²) < 4.78 is 11.0. The van der Waals surface area contributed by atoms with E-state index in [1.807, 2.05) is 66.7 Å². The van der Waals surface area contributed by atoms with Crippen LogP contribution in [0.1, 0.15) is 48.1 Å². The van der Waals surface area contributed by atoms with E-state index < -0.39 is 0 Å². The summed E-state index contributed by atoms with van der Waals surface area (Å²) in [5.74, 6) is 0.499. The number of nitrogens with zero attached hydrogens (tertiary/aromatic N) is 3. The van der Waals surface area contributed by atoms with Gasteiger partial charge in [-0.15, -0.1) is 0 Å². The van der Waals surface area contributed by atoms with Crippen molar-refractivity contribution in [2.75, 3.05) is 0 Å². The number of rotatable bonds is 6. The minimum atomic E-state index is 0.149. The molecule has 0 aliphatic rings. The third kappa shape index (κ3) is 8.60. The number of para-hydroxylation sites is 3. The highest BCUT2D eigenvalue weighted by molar-refractivity contribution is 6.14. The van der Waals surface area contributed by atoms with Crippen molar-refractivity contribution in [1.82, 2.24) is 9.13 Å². The molecule has 360 valence electrons. The quantitative estimate of drug-likeness (QED) is 0.129. The van der Waals surface area contributed by atoms with Gasteiger partial charge in [-0.25, -0.2) is 4.99 Å². The van der Waals surface area contributed by atoms with Crippen molar-refractivity contribution >= 4 is 77.2 Å². The van der Waals surface area contributed by atoms with Crippen molar-refractivity contribution in [2.45, 2.75) is 41.0 Å². The molecule has 0 aliphatic carbocycles. The van der Waals surface area contributed by atoms with Crippen LogP contribution in [-0.2, 0) is 0 Å². The lowest BCUT2D eigenvalue weighted by Crippen LogP contribution is -2.17. The van der Waals surface area contributed by atoms with Gasteiger partial charge < -0.3 is 19.3 Å². The molecule has 3 aromatic heterocycles. The summed E-state index contributed by atoms with van der Waals surface area (Å²) in [7, 11) is 0. The van der Waals surface area contributed by atoms with Gasteiger partial charge in [0.2, 0.25) is 0 Å². The largest absolute Gasteiger partial charge is 0.456 e. The van der Waals surface area contributed by atoms with E-state index in [2.05, 4.69) is 206 Å². The van der Waals surface area contributed by atoms with Crippen LogP contribution in [0.5, 0.6) is 0 Å². The second-order valence-electron chi connectivity index (χ2n) is 18.9. The molecule has 0 saturated carbocycles. The maximum atomic E-state index is 8.52. The molecule has 3 heterocycles. The van der Waals surface area contributed by atoms with Gasteiger partial charge in [0, 0.05) is 54.8 Å². The minimum absolute atomic E-state index is 0.149. The van der Waals surface area contributed by atoms with E-state index in [0.29, 0.717) is 5.84 Å². The number of nitrogens with two attached hydrogens (primary N) is 1. The highest BCUT2D eigenvalue weighted by Gasteiger charge is 2.18. The van der Waals surface area contributed by atoms with Gasteiger partial charge in [0.15, 0.2) is 5.84 Å². The number of aliphatic imine (C=N–C) groups is 1. The van der Waals surface area contributed by atoms with Gasteiger partial charge in [0.05, 0.1) is 22.1 Å². The Labute approximate surface area is 431 Å². The fourth-order valence-electron chi connectivity index (χ4n) is 10.5. The van der Waals surface area contributed by atoms with Crippen molar-refractivity contribution in [3.05, 3.63) is 252 Å². The van der Waals surface area contributed by atoms with Gasteiger partial charge in [0.1, 0.15) is 17.0 Å². The number of furan rings is 1. The molecule has 13 aromatic rings. The van der Waals surface area contributed by atoms with Gasteiger partial charge in [-0.2, -0.15) is 0 Å². The molecule has 0 amide bonds. The number of benzene rings is 10. The Morgan fingerprint density at radius 3 is 1.65 bits per heavy atom. The number of fused-ring (bicyclic) bond motifs is 9. The van der Waals surface area contributed by atoms with Crippen LogP contribution in [0.4, 0.5) is 0 Å². The van der Waals surface area contributed by atoms with E-state index in [1.165, 1.54) is 77.8 Å². The summed E-state index contributed by atoms with van der Waals surface area (Å²) >= 11 is 0. The van der Waals surface area contributed by atoms with E-state index in [4.69, 9.17) is 15.6 Å². The number of hydrogen-bond acceptors (Lipinski definition) is 2. The Bertz CT molecular complexity index is 4210. The molecule has 3 N–H and O–H groups in total. The molecule has 74 heavy (non-hydrogen) atoms. The van der Waals surface area contributed by atoms with Crippen LogP contribution in [0.3, 0.4) is 0 Å². The average molecular weight is 960 g/mol. The highest BCUT2D eigenvalue weighted by Crippen LogP contribution is 2.39. The first kappa shape index (κ1) is 47.1. The van der Waals surface area contributed by atoms with Gasteiger partial charge >= 0.3 is 0 Å². The molecular formula is C68H57N5O. The summed E-state index contributed by atoms with van der Waals surface area (Å²) in [5.41, 5.74) is 24.9. The summed E-state index contributed by atoms with van der Waals surface area (Å²) in [4.78, 5) is 4.45. The van der Waals surface area contributed by atoms with E-state index in [-0.39, 0.29) is 5.84 Å². The van der Waals surface area contributed by atoms with E-state index in [0.717, 1.165) is 55.6 Å². The summed E-state index contributed by atoms with van der Waals surface area (Å²) in [6, 6.07) is 78.1. The number of aromatic nitrogens is 2. The fourth-order valence-corrected chi connectivity index (χ4v) is 10.5. The third-order valence-corrected chi connectivity index (χ3v) is 14.0. The molecule has 6 nitrogen and oxygen atoms in total. The normalized spacial score (nSPS) is 11.6. The summed E-state index contributed by atoms with van der Waals surface area (Å²) in [6.45, 7) is 10.6. The van der Waals surface area contributed by atoms with Gasteiger partial charge in [0.25, 0.3) is 0 Å². The summed E-state index contributed by atoms with van der Waals surface area (Å²) in [5, 5.41) is 15.9. The lowest BCUT2D eigenvalue weighted by atomic mass is 9.93. The van der Waals surface area contributed by atoms with Crippen molar-refractivity contribution in [2.24, 2.45) is 10.7 Å². The maximum Gasteiger partial charge on any atom is 0.154 e. The highest BCUT2D eigenvalue weighted by atomic mass is 16.3. The zero-order valence-electron chi connectivity index (χ0n) is 42.4. The minimum Gasteiger partial charge on any atom is -0.456 e. The molecule has 13 rings (SSSR count). The average Bonchev–Trinajstić information content (AvgIpc) is 4.10. The van der Waals surface area contributed by atoms with E-state index >= 15 is 0 Å². The van der Waals surface area contributed by atoms with Gasteiger partial charge in [-0.3, -0.25) is 5.41 Å². The molecule has 0 unspecified atom stereocenters. The number of nitrogens with one attached hydrogen (secondary N) is 1. The van der Waals surface area contributed by atoms with Crippen LogP contribution < -0.4 is 5.73 Å². The predicted octanol–water partition coefficient (Wildman–Crippen LogP) is 17.9. The fraction of sp³-hybridized carbons (Fsp3) is 0.0882. The second-order valence-corrected chi connectivity index (χ2v) is 18.9. The van der Waals surface area contributed by atoms with Crippen LogP contribution in [0, 0.1) is 26.2 Å². The predicted molar refractivity (Wildman–Crippen MR) is 314 cm³/mol. The van der Waals surface area contributed by atoms with Crippen LogP contribution >= 0.6 is 0 Å². The van der Waals surface area contributed by atoms with E-state index in [9.17, 15) is 0 Å². The first-order valence-electron chi connectivity index (χ1n) is 25.4. The smallest absolute Gasteiger partial charge is 0.154 e. The third-order valence-electron chi connectivity index (χ3n) is 14.0. The van der Waals surface area contributed by atoms with Crippen molar-refractivity contribution in [1.29, 1.82) is 5.41 Å². The van der Waals surface area contributed by atoms with E-state index in [1.54, 1.807) is 0 Å². The van der Waals surface area contributed by atoms with Crippen LogP contribution in [0.25, 0.3) is 99.2 Å². The number of amidine groups is 2. The number of aryl methyl sites for hydroxylation is 2. The molecule has 0 atom stereocenters. The number of hydrogen-bond donors (Lipinski definition) is 2. The zero-order valence-corrected chi connectivity index (χ0v) is 42.4. The Balaban J connectivity index is 0.000000156. The molecule has 10 aromatic carbocycles. The Hall–Kier alpha value is -9.26. The topological polar surface area (TPSA) is 85.2 Å². The molecule has 6 heteroatoms. The zero-order chi connectivity index (χ0) is 50.9. The lowest BCUT2D eigenvalue weighted by Gasteiger charge is -2.13. The lowest BCUT2D eigenvalue weighted by molar-refractivity contribution is 0.668. The Morgan fingerprint density at radius 2 is 0.973 bits per heavy atom. The van der Waals surface area contributed by atoms with Crippen molar-refractivity contribution in [3.8, 4) is 33.6 Å². The molecule has 0 fully saturated rings. The Morgan fingerprint density at radius 1 is 0.459 bits per heavy atom. The molecular weight excluding hydrogens is 903 g/mol. The molecule has 0 spiro atoms. The molecule has 0 bridgehead atoms. The Kier molecular flexibility index (Phi) is 12.8. The molecule has 0 radical (unpaired) electrons. The summed E-state index contributed by atoms with van der Waals surface area (Å²) in [6.07, 6.45) is 1.25. The second kappa shape index (κ2) is 20.1. The van der Waals surface area contributed by atoms with Crippen LogP contribution in [0.2, 0.25) is 0 Å². The van der Waals surface area contributed by atoms with Crippen molar-refractivity contribution in [3.63, 3.8) is 0 Å². The monoisotopic (exact) mass is 959 g/mol. The van der Waals surface area contributed by atoms with Crippen LogP contribution in [0.15, 0.2) is 234 Å². The first-order valence-corrected chi connectivity index (χ1v) is 25.4. The van der Waals surface area contributed by atoms with Gasteiger partial charge in [-0.05, 0) is 126 Å². The first-order chi connectivity index (χ1) is 36.2. The standard InChI is InChI=1S/C37H24N2O.C28H25N3.C3H8/c1-23-9-8-16-36-37(23)30-22-25(18-20-35(30)40-36)39-33-15-7-4-12-28(33)29-21-24(17-19-34(29)39)38-31-13-5-2-10-26(31)27-11-3-6-14-32(27)38;1-19-10-6-7-15-24(19)25-16-9-17-26(20(25)2)28(30)31-27(29)23-14-8-13-22(18-23)21-11-4-3-5-12-21;1-3-2/h2-22H,1H3;3-18H,1-2H3,(H3,29,30,31);3H2,1-2H3. The van der Waals surface area contributed by atoms with Gasteiger partial charge in [-0.1, -0.05) is 178 Å². The molecule has 0 aliphatic heterocycles. The SMILES string of the molecule is CCC.Cc1cccc2oc3ccc(-n4c5ccccc5c5cc(-n6c7ccccc7c7ccccc76)ccc54)cc3c12.Cc1ccccc1-c1cccc(C(N)=NC(=N)c2cccc(-c3ccccc3)c2)c1C. The maximum absolute atomic E-state index is 8.52. The van der Waals surface area contributed by atoms with Crippen molar-refractivity contribution < 1.29 is 4.42 Å².